The molecule has 0 N–H and O–H groups in total. The molecule has 7 atom stereocenters. The van der Waals surface area contributed by atoms with Gasteiger partial charge in [-0.3, -0.25) is 0 Å². The van der Waals surface area contributed by atoms with Crippen molar-refractivity contribution in [1.29, 1.82) is 0 Å². The molecule has 0 bridgehead atoms. The third-order valence-electron chi connectivity index (χ3n) is 6.65. The fourth-order valence-corrected chi connectivity index (χ4v) is 4.17. The van der Waals surface area contributed by atoms with E-state index in [4.69, 9.17) is 37.6 Å². The van der Waals surface area contributed by atoms with Gasteiger partial charge >= 0.3 is 41.8 Å². The minimum Gasteiger partial charge on any atom is -0.463 e. The summed E-state index contributed by atoms with van der Waals surface area (Å²) in [5.74, 6) is -7.02. The van der Waals surface area contributed by atoms with E-state index in [9.17, 15) is 33.6 Å². The Hall–Kier alpha value is -3.53. The molecular formula is C29H48O15Si. The smallest absolute Gasteiger partial charge is 0.347 e. The molecule has 0 aromatic carbocycles. The molecule has 0 unspecified atom stereocenters. The highest BCUT2D eigenvalue weighted by Crippen LogP contribution is 2.37. The lowest BCUT2D eigenvalue weighted by molar-refractivity contribution is -0.188. The molecule has 0 amide bonds. The second-order valence-electron chi connectivity index (χ2n) is 11.7. The summed E-state index contributed by atoms with van der Waals surface area (Å²) in [6, 6.07) is 0. The lowest BCUT2D eigenvalue weighted by Crippen LogP contribution is -2.46. The number of esters is 7. The van der Waals surface area contributed by atoms with Crippen molar-refractivity contribution in [2.75, 3.05) is 6.61 Å². The molecule has 16 heteroatoms. The van der Waals surface area contributed by atoms with Gasteiger partial charge in [0.2, 0.25) is 0 Å². The Kier molecular flexibility index (Phi) is 16.4. The van der Waals surface area contributed by atoms with E-state index < -0.39 is 92.8 Å². The van der Waals surface area contributed by atoms with Crippen LogP contribution in [0.3, 0.4) is 0 Å². The molecule has 0 aliphatic rings. The predicted octanol–water partition coefficient (Wildman–Crippen LogP) is 2.55. The molecule has 0 aromatic rings. The average molecular weight is 665 g/mol. The van der Waals surface area contributed by atoms with E-state index in [1.165, 1.54) is 34.6 Å². The van der Waals surface area contributed by atoms with Crippen molar-refractivity contribution in [2.24, 2.45) is 0 Å². The van der Waals surface area contributed by atoms with Crippen molar-refractivity contribution in [3.8, 4) is 0 Å². The summed E-state index contributed by atoms with van der Waals surface area (Å²) < 4.78 is 40.5. The normalized spacial score (nSPS) is 16.3. The summed E-state index contributed by atoms with van der Waals surface area (Å²) in [5.41, 5.74) is 0. The molecule has 45 heavy (non-hydrogen) atoms. The summed E-state index contributed by atoms with van der Waals surface area (Å²) in [7, 11) is -2.29. The van der Waals surface area contributed by atoms with Crippen LogP contribution in [0.25, 0.3) is 0 Å². The number of carbonyl (C=O) groups is 7. The van der Waals surface area contributed by atoms with Crippen LogP contribution in [0.2, 0.25) is 18.1 Å². The van der Waals surface area contributed by atoms with Crippen LogP contribution >= 0.6 is 0 Å². The van der Waals surface area contributed by atoms with Gasteiger partial charge in [0.25, 0.3) is 0 Å². The maximum atomic E-state index is 12.5. The highest BCUT2D eigenvalue weighted by Gasteiger charge is 2.40. The molecule has 258 valence electrons. The first-order valence-electron chi connectivity index (χ1n) is 14.5. The van der Waals surface area contributed by atoms with Gasteiger partial charge in [-0.05, 0) is 73.5 Å². The summed E-state index contributed by atoms with van der Waals surface area (Å²) >= 11 is 0. The van der Waals surface area contributed by atoms with Crippen molar-refractivity contribution < 1.29 is 71.1 Å². The van der Waals surface area contributed by atoms with E-state index in [2.05, 4.69) is 0 Å². The van der Waals surface area contributed by atoms with Crippen LogP contribution in [0.5, 0.6) is 0 Å². The van der Waals surface area contributed by atoms with Crippen LogP contribution in [0.15, 0.2) is 0 Å². The molecule has 0 saturated heterocycles. The first-order chi connectivity index (χ1) is 20.4. The van der Waals surface area contributed by atoms with Crippen molar-refractivity contribution >= 4 is 50.1 Å². The summed E-state index contributed by atoms with van der Waals surface area (Å²) in [5, 5.41) is -0.159. The monoisotopic (exact) mass is 664 g/mol. The number of carbonyl (C=O) groups excluding carboxylic acids is 7. The fourth-order valence-electron chi connectivity index (χ4n) is 2.84. The Morgan fingerprint density at radius 1 is 0.467 bits per heavy atom. The zero-order valence-corrected chi connectivity index (χ0v) is 29.4. The summed E-state index contributed by atoms with van der Waals surface area (Å²) in [6.45, 7) is 20.3. The Labute approximate surface area is 265 Å². The highest BCUT2D eigenvalue weighted by molar-refractivity contribution is 6.74. The molecule has 0 heterocycles. The number of hydrogen-bond donors (Lipinski definition) is 0. The quantitative estimate of drug-likeness (QED) is 0.133. The van der Waals surface area contributed by atoms with Crippen molar-refractivity contribution in [2.45, 2.75) is 137 Å². The molecule has 0 aliphatic heterocycles. The van der Waals surface area contributed by atoms with Gasteiger partial charge in [0, 0.05) is 0 Å². The summed E-state index contributed by atoms with van der Waals surface area (Å²) in [4.78, 5) is 85.6. The minimum absolute atomic E-state index is 0.0792. The second-order valence-corrected chi connectivity index (χ2v) is 16.5. The Morgan fingerprint density at radius 2 is 0.689 bits per heavy atom. The maximum absolute atomic E-state index is 12.5. The standard InChI is InChI=1S/C29H48O15Si/c1-14-37-22(30)15(2)38-23(31)16(3)39-24(32)17(4)40-25(33)18(5)41-26(34)19(6)42-27(35)20(7)43-28(36)21(8)44-45(12,13)29(9,10)11/h15-21H,14H2,1-13H3/t15-,16-,17-,18-,19-,20-,21+/m0/s1. The number of ether oxygens (including phenoxy) is 7. The van der Waals surface area contributed by atoms with E-state index in [0.29, 0.717) is 0 Å². The van der Waals surface area contributed by atoms with Gasteiger partial charge < -0.3 is 37.6 Å². The highest BCUT2D eigenvalue weighted by atomic mass is 28.4. The maximum Gasteiger partial charge on any atom is 0.347 e. The van der Waals surface area contributed by atoms with E-state index in [-0.39, 0.29) is 11.6 Å². The van der Waals surface area contributed by atoms with Crippen LogP contribution in [0, 0.1) is 0 Å². The fraction of sp³-hybridized carbons (Fsp3) is 0.759. The Balaban J connectivity index is 4.85. The van der Waals surface area contributed by atoms with Crippen molar-refractivity contribution in [3.63, 3.8) is 0 Å². The lowest BCUT2D eigenvalue weighted by atomic mass is 10.2. The van der Waals surface area contributed by atoms with E-state index in [1.54, 1.807) is 6.92 Å². The van der Waals surface area contributed by atoms with Gasteiger partial charge in [0.1, 0.15) is 6.10 Å². The molecule has 0 spiro atoms. The van der Waals surface area contributed by atoms with Gasteiger partial charge in [-0.25, -0.2) is 33.6 Å². The van der Waals surface area contributed by atoms with Gasteiger partial charge in [0.05, 0.1) is 6.61 Å². The first-order valence-corrected chi connectivity index (χ1v) is 17.4. The first kappa shape index (κ1) is 41.5. The topological polar surface area (TPSA) is 193 Å². The minimum atomic E-state index is -2.29. The molecule has 0 saturated carbocycles. The SMILES string of the molecule is CCOC(=O)[C@H](C)OC(=O)[C@H](C)OC(=O)[C@H](C)OC(=O)[C@H](C)OC(=O)[C@H](C)OC(=O)[C@H](C)OC(=O)[C@@H](C)O[Si](C)(C)C(C)(C)C. The lowest BCUT2D eigenvalue weighted by Gasteiger charge is -2.37. The molecule has 0 aliphatic carbocycles. The number of hydrogen-bond acceptors (Lipinski definition) is 15. The van der Waals surface area contributed by atoms with Gasteiger partial charge in [-0.15, -0.1) is 0 Å². The zero-order valence-electron chi connectivity index (χ0n) is 28.4. The zero-order chi connectivity index (χ0) is 35.4. The van der Waals surface area contributed by atoms with Crippen LogP contribution in [-0.2, 0) is 71.1 Å². The van der Waals surface area contributed by atoms with Crippen molar-refractivity contribution in [1.82, 2.24) is 0 Å². The van der Waals surface area contributed by atoms with E-state index in [1.807, 2.05) is 33.9 Å². The van der Waals surface area contributed by atoms with Crippen LogP contribution in [0.1, 0.15) is 76.2 Å². The molecule has 15 nitrogen and oxygen atoms in total. The predicted molar refractivity (Wildman–Crippen MR) is 158 cm³/mol. The second kappa shape index (κ2) is 17.8. The Morgan fingerprint density at radius 3 is 0.911 bits per heavy atom. The van der Waals surface area contributed by atoms with Crippen LogP contribution < -0.4 is 0 Å². The molecule has 0 radical (unpaired) electrons. The molecule has 0 fully saturated rings. The van der Waals surface area contributed by atoms with Gasteiger partial charge in [-0.1, -0.05) is 20.8 Å². The van der Waals surface area contributed by atoms with E-state index in [0.717, 1.165) is 13.8 Å². The van der Waals surface area contributed by atoms with Gasteiger partial charge in [-0.2, -0.15) is 0 Å². The largest absolute Gasteiger partial charge is 0.463 e. The van der Waals surface area contributed by atoms with Crippen LogP contribution in [0.4, 0.5) is 0 Å². The average Bonchev–Trinajstić information content (AvgIpc) is 2.91. The molecule has 0 aromatic heterocycles. The third kappa shape index (κ3) is 14.0. The third-order valence-corrected chi connectivity index (χ3v) is 11.2. The number of rotatable bonds is 16. The van der Waals surface area contributed by atoms with E-state index >= 15 is 0 Å². The van der Waals surface area contributed by atoms with Crippen LogP contribution in [-0.4, -0.2) is 99.4 Å². The molecular weight excluding hydrogens is 616 g/mol. The Bertz CT molecular complexity index is 1080. The molecule has 0 rings (SSSR count). The van der Waals surface area contributed by atoms with Gasteiger partial charge in [0.15, 0.2) is 44.9 Å². The van der Waals surface area contributed by atoms with Crippen molar-refractivity contribution in [3.05, 3.63) is 0 Å². The summed E-state index contributed by atoms with van der Waals surface area (Å²) in [6.07, 6.45) is -9.56.